The van der Waals surface area contributed by atoms with Crippen LogP contribution in [0.15, 0.2) is 12.4 Å². The minimum absolute atomic E-state index is 0.169. The number of aldehydes is 1. The molecule has 1 aromatic heterocycles. The Hall–Kier alpha value is -1.89. The number of amides is 1. The van der Waals surface area contributed by atoms with Gasteiger partial charge in [0.25, 0.3) is 0 Å². The molecule has 0 aliphatic rings. The number of rotatable bonds is 8. The van der Waals surface area contributed by atoms with E-state index in [2.05, 4.69) is 15.7 Å². The Kier molecular flexibility index (Phi) is 6.01. The minimum Gasteiger partial charge on any atom is -0.465 e. The lowest BCUT2D eigenvalue weighted by Crippen LogP contribution is -2.42. The maximum atomic E-state index is 10.7. The summed E-state index contributed by atoms with van der Waals surface area (Å²) in [6.07, 6.45) is 3.88. The summed E-state index contributed by atoms with van der Waals surface area (Å²) in [6.45, 7) is 2.85. The zero-order valence-electron chi connectivity index (χ0n) is 11.2. The van der Waals surface area contributed by atoms with Gasteiger partial charge < -0.3 is 20.5 Å². The summed E-state index contributed by atoms with van der Waals surface area (Å²) in [5.41, 5.74) is 1.03. The van der Waals surface area contributed by atoms with Crippen LogP contribution in [0.25, 0.3) is 0 Å². The van der Waals surface area contributed by atoms with Crippen LogP contribution in [0, 0.1) is 5.92 Å². The van der Waals surface area contributed by atoms with E-state index < -0.39 is 6.09 Å². The molecule has 0 bridgehead atoms. The highest BCUT2D eigenvalue weighted by atomic mass is 16.4. The molecule has 0 aromatic carbocycles. The molecule has 1 amide bonds. The first kappa shape index (κ1) is 15.2. The predicted molar refractivity (Wildman–Crippen MR) is 69.7 cm³/mol. The highest BCUT2D eigenvalue weighted by Crippen LogP contribution is 2.03. The molecule has 0 radical (unpaired) electrons. The van der Waals surface area contributed by atoms with Crippen LogP contribution < -0.4 is 10.6 Å². The second-order valence-corrected chi connectivity index (χ2v) is 4.65. The van der Waals surface area contributed by atoms with E-state index in [1.165, 1.54) is 0 Å². The van der Waals surface area contributed by atoms with Gasteiger partial charge in [-0.05, 0) is 6.42 Å². The van der Waals surface area contributed by atoms with Gasteiger partial charge in [-0.1, -0.05) is 6.92 Å². The largest absolute Gasteiger partial charge is 0.465 e. The Labute approximate surface area is 112 Å². The van der Waals surface area contributed by atoms with Crippen molar-refractivity contribution in [2.75, 3.05) is 6.54 Å². The average molecular weight is 268 g/mol. The van der Waals surface area contributed by atoms with Crippen molar-refractivity contribution in [3.63, 3.8) is 0 Å². The standard InChI is InChI=1S/C12H20N4O3/c1-9(8-17)3-11(15-12(18)19)6-13-4-10-5-14-16(2)7-10/h5,7-9,11,13,15H,3-4,6H2,1-2H3,(H,18,19)/t9-,11-/m0/s1. The summed E-state index contributed by atoms with van der Waals surface area (Å²) in [4.78, 5) is 21.3. The van der Waals surface area contributed by atoms with Crippen molar-refractivity contribution in [3.05, 3.63) is 18.0 Å². The summed E-state index contributed by atoms with van der Waals surface area (Å²) < 4.78 is 1.71. The molecule has 0 saturated carbocycles. The molecule has 0 fully saturated rings. The third kappa shape index (κ3) is 6.01. The number of carbonyl (C=O) groups excluding carboxylic acids is 1. The third-order valence-electron chi connectivity index (χ3n) is 2.69. The quantitative estimate of drug-likeness (QED) is 0.592. The minimum atomic E-state index is -1.08. The van der Waals surface area contributed by atoms with Crippen molar-refractivity contribution in [1.29, 1.82) is 0 Å². The topological polar surface area (TPSA) is 96.3 Å². The number of aromatic nitrogens is 2. The van der Waals surface area contributed by atoms with Gasteiger partial charge in [-0.15, -0.1) is 0 Å². The van der Waals surface area contributed by atoms with E-state index in [0.717, 1.165) is 11.8 Å². The Morgan fingerprint density at radius 3 is 2.89 bits per heavy atom. The highest BCUT2D eigenvalue weighted by molar-refractivity contribution is 5.65. The number of carbonyl (C=O) groups is 2. The molecule has 19 heavy (non-hydrogen) atoms. The van der Waals surface area contributed by atoms with Crippen molar-refractivity contribution in [2.45, 2.75) is 25.9 Å². The van der Waals surface area contributed by atoms with Crippen LogP contribution in [0.1, 0.15) is 18.9 Å². The molecule has 7 heteroatoms. The van der Waals surface area contributed by atoms with Crippen LogP contribution >= 0.6 is 0 Å². The molecule has 3 N–H and O–H groups in total. The van der Waals surface area contributed by atoms with Crippen molar-refractivity contribution >= 4 is 12.4 Å². The molecule has 0 aliphatic carbocycles. The lowest BCUT2D eigenvalue weighted by molar-refractivity contribution is -0.111. The predicted octanol–water partition coefficient (Wildman–Crippen LogP) is 0.371. The summed E-state index contributed by atoms with van der Waals surface area (Å²) in [7, 11) is 1.84. The van der Waals surface area contributed by atoms with Gasteiger partial charge in [0.1, 0.15) is 6.29 Å². The van der Waals surface area contributed by atoms with Crippen LogP contribution in [-0.4, -0.2) is 39.9 Å². The van der Waals surface area contributed by atoms with Crippen LogP contribution in [-0.2, 0) is 18.4 Å². The molecule has 0 saturated heterocycles. The number of nitrogens with one attached hydrogen (secondary N) is 2. The van der Waals surface area contributed by atoms with E-state index >= 15 is 0 Å². The lowest BCUT2D eigenvalue weighted by Gasteiger charge is -2.18. The first-order valence-corrected chi connectivity index (χ1v) is 6.14. The molecule has 106 valence electrons. The van der Waals surface area contributed by atoms with E-state index in [0.29, 0.717) is 19.5 Å². The van der Waals surface area contributed by atoms with E-state index in [-0.39, 0.29) is 12.0 Å². The highest BCUT2D eigenvalue weighted by Gasteiger charge is 2.14. The van der Waals surface area contributed by atoms with Gasteiger partial charge in [-0.2, -0.15) is 5.10 Å². The van der Waals surface area contributed by atoms with Crippen LogP contribution in [0.5, 0.6) is 0 Å². The van der Waals surface area contributed by atoms with Crippen molar-refractivity contribution in [3.8, 4) is 0 Å². The number of hydrogen-bond acceptors (Lipinski definition) is 4. The van der Waals surface area contributed by atoms with Gasteiger partial charge in [0.05, 0.1) is 6.20 Å². The van der Waals surface area contributed by atoms with Gasteiger partial charge in [0.2, 0.25) is 0 Å². The zero-order valence-corrected chi connectivity index (χ0v) is 11.2. The number of aryl methyl sites for hydroxylation is 1. The summed E-state index contributed by atoms with van der Waals surface area (Å²) in [5, 5.41) is 18.4. The number of hydrogen-bond donors (Lipinski definition) is 3. The van der Waals surface area contributed by atoms with E-state index in [1.54, 1.807) is 17.8 Å². The van der Waals surface area contributed by atoms with Gasteiger partial charge in [-0.25, -0.2) is 4.79 Å². The monoisotopic (exact) mass is 268 g/mol. The lowest BCUT2D eigenvalue weighted by atomic mass is 10.0. The first-order valence-electron chi connectivity index (χ1n) is 6.14. The molecule has 7 nitrogen and oxygen atoms in total. The normalized spacial score (nSPS) is 13.8. The Morgan fingerprint density at radius 2 is 2.37 bits per heavy atom. The van der Waals surface area contributed by atoms with Crippen LogP contribution in [0.4, 0.5) is 4.79 Å². The van der Waals surface area contributed by atoms with E-state index in [4.69, 9.17) is 5.11 Å². The van der Waals surface area contributed by atoms with Gasteiger partial charge in [-0.3, -0.25) is 4.68 Å². The Morgan fingerprint density at radius 1 is 1.63 bits per heavy atom. The maximum Gasteiger partial charge on any atom is 0.404 e. The molecular weight excluding hydrogens is 248 g/mol. The number of carboxylic acid groups (broad SMARTS) is 1. The summed E-state index contributed by atoms with van der Waals surface area (Å²) in [6, 6.07) is -0.283. The maximum absolute atomic E-state index is 10.7. The average Bonchev–Trinajstić information content (AvgIpc) is 2.74. The first-order chi connectivity index (χ1) is 9.01. The van der Waals surface area contributed by atoms with Crippen molar-refractivity contribution in [1.82, 2.24) is 20.4 Å². The molecule has 2 atom stereocenters. The smallest absolute Gasteiger partial charge is 0.404 e. The fourth-order valence-electron chi connectivity index (χ4n) is 1.83. The Bertz CT molecular complexity index is 419. The fourth-order valence-corrected chi connectivity index (χ4v) is 1.83. The zero-order chi connectivity index (χ0) is 14.3. The van der Waals surface area contributed by atoms with Crippen LogP contribution in [0.2, 0.25) is 0 Å². The van der Waals surface area contributed by atoms with Crippen LogP contribution in [0.3, 0.4) is 0 Å². The van der Waals surface area contributed by atoms with Gasteiger partial charge in [0, 0.05) is 43.9 Å². The third-order valence-corrected chi connectivity index (χ3v) is 2.69. The summed E-state index contributed by atoms with van der Waals surface area (Å²) in [5.74, 6) is -0.169. The molecule has 0 aliphatic heterocycles. The van der Waals surface area contributed by atoms with Gasteiger partial charge in [0.15, 0.2) is 0 Å². The Balaban J connectivity index is 2.38. The van der Waals surface area contributed by atoms with E-state index in [9.17, 15) is 9.59 Å². The molecular formula is C12H20N4O3. The molecule has 1 heterocycles. The fraction of sp³-hybridized carbons (Fsp3) is 0.583. The molecule has 1 rings (SSSR count). The van der Waals surface area contributed by atoms with E-state index in [1.807, 2.05) is 13.2 Å². The van der Waals surface area contributed by atoms with Gasteiger partial charge >= 0.3 is 6.09 Å². The number of nitrogens with zero attached hydrogens (tertiary/aromatic N) is 2. The van der Waals surface area contributed by atoms with Crippen molar-refractivity contribution in [2.24, 2.45) is 13.0 Å². The molecule has 0 spiro atoms. The second kappa shape index (κ2) is 7.52. The SMILES string of the molecule is C[C@H](C=O)C[C@@H](CNCc1cnn(C)c1)NC(=O)O. The molecule has 0 unspecified atom stereocenters. The summed E-state index contributed by atoms with van der Waals surface area (Å²) >= 11 is 0. The van der Waals surface area contributed by atoms with Crippen molar-refractivity contribution < 1.29 is 14.7 Å². The molecule has 1 aromatic rings. The second-order valence-electron chi connectivity index (χ2n) is 4.65.